The number of rotatable bonds is 1. The van der Waals surface area contributed by atoms with Gasteiger partial charge < -0.3 is 9.88 Å². The Hall–Kier alpha value is -1.61. The number of fused-ring (bicyclic) bond motifs is 1. The number of hydrogen-bond donors (Lipinski definition) is 1. The van der Waals surface area contributed by atoms with Gasteiger partial charge >= 0.3 is 0 Å². The van der Waals surface area contributed by atoms with E-state index in [2.05, 4.69) is 23.0 Å². The van der Waals surface area contributed by atoms with Crippen molar-refractivity contribution >= 4 is 10.8 Å². The molecule has 1 aliphatic heterocycles. The first-order valence-corrected chi connectivity index (χ1v) is 6.54. The van der Waals surface area contributed by atoms with E-state index in [1.807, 2.05) is 24.3 Å². The lowest BCUT2D eigenvalue weighted by Gasteiger charge is -2.29. The van der Waals surface area contributed by atoms with Crippen molar-refractivity contribution in [2.45, 2.75) is 18.8 Å². The van der Waals surface area contributed by atoms with Crippen molar-refractivity contribution in [1.82, 2.24) is 9.88 Å². The number of piperidine rings is 1. The maximum atomic E-state index is 12.1. The van der Waals surface area contributed by atoms with Crippen molar-refractivity contribution in [3.05, 3.63) is 46.4 Å². The van der Waals surface area contributed by atoms with Crippen molar-refractivity contribution in [3.8, 4) is 0 Å². The van der Waals surface area contributed by atoms with E-state index in [9.17, 15) is 4.79 Å². The zero-order valence-corrected chi connectivity index (χ0v) is 10.6. The van der Waals surface area contributed by atoms with Gasteiger partial charge in [-0.25, -0.2) is 0 Å². The van der Waals surface area contributed by atoms with Crippen molar-refractivity contribution in [1.29, 1.82) is 0 Å². The van der Waals surface area contributed by atoms with Crippen LogP contribution in [0.1, 0.15) is 24.5 Å². The number of aromatic amines is 1. The van der Waals surface area contributed by atoms with Gasteiger partial charge in [-0.2, -0.15) is 0 Å². The Kier molecular flexibility index (Phi) is 2.92. The third-order valence-electron chi connectivity index (χ3n) is 3.84. The van der Waals surface area contributed by atoms with Gasteiger partial charge in [0.25, 0.3) is 5.56 Å². The molecule has 0 amide bonds. The second-order valence-corrected chi connectivity index (χ2v) is 5.24. The summed E-state index contributed by atoms with van der Waals surface area (Å²) in [6, 6.07) is 9.93. The van der Waals surface area contributed by atoms with Gasteiger partial charge in [-0.15, -0.1) is 0 Å². The lowest BCUT2D eigenvalue weighted by Crippen LogP contribution is -2.31. The van der Waals surface area contributed by atoms with Crippen LogP contribution in [0, 0.1) is 0 Å². The number of aromatic nitrogens is 1. The molecule has 0 saturated carbocycles. The summed E-state index contributed by atoms with van der Waals surface area (Å²) in [5, 5.41) is 1.83. The molecule has 0 spiro atoms. The summed E-state index contributed by atoms with van der Waals surface area (Å²) in [4.78, 5) is 17.4. The van der Waals surface area contributed by atoms with E-state index in [0.717, 1.165) is 29.6 Å². The number of benzene rings is 1. The molecule has 1 fully saturated rings. The average molecular weight is 242 g/mol. The largest absolute Gasteiger partial charge is 0.325 e. The van der Waals surface area contributed by atoms with Crippen LogP contribution in [0.5, 0.6) is 0 Å². The average Bonchev–Trinajstić information content (AvgIpc) is 2.39. The molecule has 2 heterocycles. The SMILES string of the molecule is CN1CCCC(c2cc3ccccc3c(=O)[nH]2)C1. The summed E-state index contributed by atoms with van der Waals surface area (Å²) >= 11 is 0. The van der Waals surface area contributed by atoms with Crippen molar-refractivity contribution in [2.24, 2.45) is 0 Å². The van der Waals surface area contributed by atoms with E-state index < -0.39 is 0 Å². The number of pyridine rings is 1. The molecule has 1 atom stereocenters. The Balaban J connectivity index is 2.04. The zero-order chi connectivity index (χ0) is 12.5. The first kappa shape index (κ1) is 11.5. The molecule has 94 valence electrons. The van der Waals surface area contributed by atoms with E-state index in [-0.39, 0.29) is 5.56 Å². The Morgan fingerprint density at radius 3 is 3.00 bits per heavy atom. The fourth-order valence-electron chi connectivity index (χ4n) is 2.87. The Bertz CT molecular complexity index is 617. The summed E-state index contributed by atoms with van der Waals surface area (Å²) in [7, 11) is 2.14. The number of H-pyrrole nitrogens is 1. The van der Waals surface area contributed by atoms with Crippen LogP contribution >= 0.6 is 0 Å². The van der Waals surface area contributed by atoms with Gasteiger partial charge in [-0.05, 0) is 44.0 Å². The highest BCUT2D eigenvalue weighted by Gasteiger charge is 2.20. The van der Waals surface area contributed by atoms with Crippen LogP contribution in [-0.4, -0.2) is 30.0 Å². The normalized spacial score (nSPS) is 21.3. The molecule has 0 aliphatic carbocycles. The molecule has 18 heavy (non-hydrogen) atoms. The highest BCUT2D eigenvalue weighted by Crippen LogP contribution is 2.25. The number of nitrogens with zero attached hydrogens (tertiary/aromatic N) is 1. The van der Waals surface area contributed by atoms with Gasteiger partial charge in [0.05, 0.1) is 0 Å². The molecule has 3 heteroatoms. The minimum Gasteiger partial charge on any atom is -0.325 e. The standard InChI is InChI=1S/C15H18N2O/c1-17-8-4-6-12(10-17)14-9-11-5-2-3-7-13(11)15(18)16-14/h2-3,5,7,9,12H,4,6,8,10H2,1H3,(H,16,18). The van der Waals surface area contributed by atoms with Gasteiger partial charge in [0.1, 0.15) is 0 Å². The van der Waals surface area contributed by atoms with Crippen LogP contribution < -0.4 is 5.56 Å². The highest BCUT2D eigenvalue weighted by atomic mass is 16.1. The summed E-state index contributed by atoms with van der Waals surface area (Å²) in [5.41, 5.74) is 1.13. The van der Waals surface area contributed by atoms with Crippen molar-refractivity contribution < 1.29 is 0 Å². The van der Waals surface area contributed by atoms with Crippen molar-refractivity contribution in [3.63, 3.8) is 0 Å². The minimum atomic E-state index is 0.0383. The van der Waals surface area contributed by atoms with Gasteiger partial charge in [0, 0.05) is 23.5 Å². The van der Waals surface area contributed by atoms with E-state index in [4.69, 9.17) is 0 Å². The van der Waals surface area contributed by atoms with Crippen LogP contribution in [0.25, 0.3) is 10.8 Å². The summed E-state index contributed by atoms with van der Waals surface area (Å²) in [6.07, 6.45) is 2.37. The first-order chi connectivity index (χ1) is 8.74. The molecule has 0 bridgehead atoms. The molecule has 1 N–H and O–H groups in total. The van der Waals surface area contributed by atoms with Gasteiger partial charge in [0.15, 0.2) is 0 Å². The van der Waals surface area contributed by atoms with Crippen LogP contribution in [-0.2, 0) is 0 Å². The second kappa shape index (κ2) is 4.58. The van der Waals surface area contributed by atoms with Gasteiger partial charge in [-0.1, -0.05) is 18.2 Å². The van der Waals surface area contributed by atoms with Gasteiger partial charge in [-0.3, -0.25) is 4.79 Å². The molecular weight excluding hydrogens is 224 g/mol. The van der Waals surface area contributed by atoms with Gasteiger partial charge in [0.2, 0.25) is 0 Å². The predicted octanol–water partition coefficient (Wildman–Crippen LogP) is 2.34. The maximum absolute atomic E-state index is 12.1. The molecule has 2 aromatic rings. The van der Waals surface area contributed by atoms with E-state index in [1.165, 1.54) is 12.8 Å². The fraction of sp³-hybridized carbons (Fsp3) is 0.400. The smallest absolute Gasteiger partial charge is 0.256 e. The molecule has 0 radical (unpaired) electrons. The summed E-state index contributed by atoms with van der Waals surface area (Å²) in [5.74, 6) is 0.459. The molecule has 1 saturated heterocycles. The lowest BCUT2D eigenvalue weighted by molar-refractivity contribution is 0.248. The second-order valence-electron chi connectivity index (χ2n) is 5.24. The zero-order valence-electron chi connectivity index (χ0n) is 10.6. The minimum absolute atomic E-state index is 0.0383. The third-order valence-corrected chi connectivity index (χ3v) is 3.84. The molecular formula is C15H18N2O. The lowest BCUT2D eigenvalue weighted by atomic mass is 9.93. The number of hydrogen-bond acceptors (Lipinski definition) is 2. The van der Waals surface area contributed by atoms with E-state index in [1.54, 1.807) is 0 Å². The first-order valence-electron chi connectivity index (χ1n) is 6.54. The molecule has 1 aliphatic rings. The molecule has 3 rings (SSSR count). The van der Waals surface area contributed by atoms with E-state index >= 15 is 0 Å². The van der Waals surface area contributed by atoms with Crippen LogP contribution in [0.3, 0.4) is 0 Å². The van der Waals surface area contributed by atoms with Crippen LogP contribution in [0.15, 0.2) is 35.1 Å². The highest BCUT2D eigenvalue weighted by molar-refractivity contribution is 5.81. The fourth-order valence-corrected chi connectivity index (χ4v) is 2.87. The summed E-state index contributed by atoms with van der Waals surface area (Å²) < 4.78 is 0. The molecule has 1 aromatic carbocycles. The number of likely N-dealkylation sites (tertiary alicyclic amines) is 1. The molecule has 1 aromatic heterocycles. The molecule has 3 nitrogen and oxygen atoms in total. The predicted molar refractivity (Wildman–Crippen MR) is 74.0 cm³/mol. The van der Waals surface area contributed by atoms with Crippen molar-refractivity contribution in [2.75, 3.05) is 20.1 Å². The van der Waals surface area contributed by atoms with Crippen LogP contribution in [0.4, 0.5) is 0 Å². The quantitative estimate of drug-likeness (QED) is 0.833. The number of likely N-dealkylation sites (N-methyl/N-ethyl adjacent to an activating group) is 1. The Morgan fingerprint density at radius 1 is 1.33 bits per heavy atom. The Labute approximate surface area is 106 Å². The Morgan fingerprint density at radius 2 is 2.17 bits per heavy atom. The van der Waals surface area contributed by atoms with E-state index in [0.29, 0.717) is 5.92 Å². The monoisotopic (exact) mass is 242 g/mol. The topological polar surface area (TPSA) is 36.1 Å². The maximum Gasteiger partial charge on any atom is 0.256 e. The van der Waals surface area contributed by atoms with Crippen LogP contribution in [0.2, 0.25) is 0 Å². The summed E-state index contributed by atoms with van der Waals surface area (Å²) in [6.45, 7) is 2.20. The number of nitrogens with one attached hydrogen (secondary N) is 1. The third kappa shape index (κ3) is 2.06. The molecule has 1 unspecified atom stereocenters.